The zero-order valence-corrected chi connectivity index (χ0v) is 10.2. The molecule has 1 aromatic rings. The van der Waals surface area contributed by atoms with Gasteiger partial charge in [0.05, 0.1) is 5.69 Å². The molecular weight excluding hydrogens is 204 g/mol. The monoisotopic (exact) mass is 222 g/mol. The highest BCUT2D eigenvalue weighted by Crippen LogP contribution is 2.45. The highest BCUT2D eigenvalue weighted by molar-refractivity contribution is 5.77. The van der Waals surface area contributed by atoms with Gasteiger partial charge in [-0.1, -0.05) is 0 Å². The molecule has 16 heavy (non-hydrogen) atoms. The number of aliphatic carboxylic acids is 1. The molecule has 4 heteroatoms. The van der Waals surface area contributed by atoms with E-state index < -0.39 is 11.5 Å². The van der Waals surface area contributed by atoms with Crippen molar-refractivity contribution in [3.05, 3.63) is 17.0 Å². The van der Waals surface area contributed by atoms with Crippen molar-refractivity contribution < 1.29 is 9.90 Å². The van der Waals surface area contributed by atoms with Gasteiger partial charge in [0.2, 0.25) is 0 Å². The molecule has 0 aromatic carbocycles. The first-order chi connectivity index (χ1) is 7.39. The van der Waals surface area contributed by atoms with Crippen LogP contribution in [0.2, 0.25) is 0 Å². The molecular formula is C12H18N2O2. The molecule has 0 radical (unpaired) electrons. The summed E-state index contributed by atoms with van der Waals surface area (Å²) in [4.78, 5) is 11.5. The summed E-state index contributed by atoms with van der Waals surface area (Å²) in [6.07, 6.45) is 1.97. The third kappa shape index (κ3) is 1.36. The van der Waals surface area contributed by atoms with E-state index in [0.717, 1.165) is 29.8 Å². The van der Waals surface area contributed by atoms with Gasteiger partial charge in [-0.15, -0.1) is 0 Å². The summed E-state index contributed by atoms with van der Waals surface area (Å²) in [7, 11) is 0. The number of hydrogen-bond acceptors (Lipinski definition) is 2. The Morgan fingerprint density at radius 3 is 2.31 bits per heavy atom. The third-order valence-corrected chi connectivity index (χ3v) is 3.90. The van der Waals surface area contributed by atoms with Crippen molar-refractivity contribution in [1.29, 1.82) is 0 Å². The maximum atomic E-state index is 11.5. The number of hydrogen-bond donors (Lipinski definition) is 1. The lowest BCUT2D eigenvalue weighted by molar-refractivity contribution is -0.148. The average molecular weight is 222 g/mol. The minimum absolute atomic E-state index is 0.224. The molecule has 0 saturated heterocycles. The molecule has 1 unspecified atom stereocenters. The highest BCUT2D eigenvalue weighted by atomic mass is 16.4. The molecule has 1 aromatic heterocycles. The van der Waals surface area contributed by atoms with Crippen molar-refractivity contribution in [3.8, 4) is 0 Å². The normalized spacial score (nSPS) is 19.5. The summed E-state index contributed by atoms with van der Waals surface area (Å²) in [6.45, 7) is 7.64. The summed E-state index contributed by atoms with van der Waals surface area (Å²) < 4.78 is 1.71. The predicted molar refractivity (Wildman–Crippen MR) is 60.4 cm³/mol. The zero-order valence-electron chi connectivity index (χ0n) is 10.2. The highest BCUT2D eigenvalue weighted by Gasteiger charge is 2.50. The second kappa shape index (κ2) is 3.34. The van der Waals surface area contributed by atoms with Crippen molar-refractivity contribution in [3.63, 3.8) is 0 Å². The largest absolute Gasteiger partial charge is 0.479 e. The number of nitrogens with zero attached hydrogens (tertiary/aromatic N) is 2. The van der Waals surface area contributed by atoms with Crippen LogP contribution in [0.25, 0.3) is 0 Å². The first kappa shape index (κ1) is 11.2. The number of carboxylic acid groups (broad SMARTS) is 1. The van der Waals surface area contributed by atoms with Gasteiger partial charge in [0, 0.05) is 5.69 Å². The second-order valence-corrected chi connectivity index (χ2v) is 4.93. The van der Waals surface area contributed by atoms with Crippen LogP contribution in [-0.2, 0) is 10.3 Å². The smallest absolute Gasteiger partial charge is 0.331 e. The van der Waals surface area contributed by atoms with Crippen LogP contribution in [0, 0.1) is 26.7 Å². The van der Waals surface area contributed by atoms with Crippen LogP contribution in [0.3, 0.4) is 0 Å². The van der Waals surface area contributed by atoms with Gasteiger partial charge in [0.15, 0.2) is 5.54 Å². The molecule has 1 aliphatic carbocycles. The fraction of sp³-hybridized carbons (Fsp3) is 0.667. The van der Waals surface area contributed by atoms with Crippen LogP contribution >= 0.6 is 0 Å². The molecule has 1 N–H and O–H groups in total. The first-order valence-electron chi connectivity index (χ1n) is 5.65. The Kier molecular flexibility index (Phi) is 2.33. The Labute approximate surface area is 95.3 Å². The summed E-state index contributed by atoms with van der Waals surface area (Å²) >= 11 is 0. The lowest BCUT2D eigenvalue weighted by atomic mass is 9.96. The first-order valence-corrected chi connectivity index (χ1v) is 5.65. The van der Waals surface area contributed by atoms with E-state index in [1.54, 1.807) is 11.6 Å². The van der Waals surface area contributed by atoms with E-state index in [9.17, 15) is 9.90 Å². The van der Waals surface area contributed by atoms with Crippen LogP contribution in [0.5, 0.6) is 0 Å². The molecule has 1 heterocycles. The molecule has 1 fully saturated rings. The topological polar surface area (TPSA) is 55.1 Å². The molecule has 0 bridgehead atoms. The Morgan fingerprint density at radius 2 is 2.00 bits per heavy atom. The van der Waals surface area contributed by atoms with Crippen LogP contribution in [0.15, 0.2) is 0 Å². The van der Waals surface area contributed by atoms with Gasteiger partial charge in [0.25, 0.3) is 0 Å². The molecule has 0 aliphatic heterocycles. The number of carboxylic acids is 1. The van der Waals surface area contributed by atoms with Crippen molar-refractivity contribution in [1.82, 2.24) is 9.78 Å². The molecule has 0 spiro atoms. The van der Waals surface area contributed by atoms with E-state index in [0.29, 0.717) is 0 Å². The van der Waals surface area contributed by atoms with Gasteiger partial charge in [-0.3, -0.25) is 4.68 Å². The zero-order chi connectivity index (χ0) is 12.1. The molecule has 0 amide bonds. The quantitative estimate of drug-likeness (QED) is 0.851. The van der Waals surface area contributed by atoms with E-state index in [-0.39, 0.29) is 5.92 Å². The van der Waals surface area contributed by atoms with E-state index in [2.05, 4.69) is 5.10 Å². The van der Waals surface area contributed by atoms with Gasteiger partial charge in [0.1, 0.15) is 0 Å². The van der Waals surface area contributed by atoms with Crippen molar-refractivity contribution in [2.45, 2.75) is 46.1 Å². The SMILES string of the molecule is Cc1nn(C(C)(C(=O)O)C2CC2)c(C)c1C. The van der Waals surface area contributed by atoms with E-state index in [4.69, 9.17) is 0 Å². The summed E-state index contributed by atoms with van der Waals surface area (Å²) in [5.41, 5.74) is 2.11. The molecule has 1 saturated carbocycles. The van der Waals surface area contributed by atoms with E-state index >= 15 is 0 Å². The van der Waals surface area contributed by atoms with Gasteiger partial charge in [-0.2, -0.15) is 5.10 Å². The van der Waals surface area contributed by atoms with Crippen molar-refractivity contribution >= 4 is 5.97 Å². The number of aryl methyl sites for hydroxylation is 1. The van der Waals surface area contributed by atoms with Gasteiger partial charge < -0.3 is 5.11 Å². The fourth-order valence-corrected chi connectivity index (χ4v) is 2.26. The lowest BCUT2D eigenvalue weighted by Gasteiger charge is -2.26. The van der Waals surface area contributed by atoms with E-state index in [1.807, 2.05) is 20.8 Å². The second-order valence-electron chi connectivity index (χ2n) is 4.93. The van der Waals surface area contributed by atoms with Crippen LogP contribution in [0.1, 0.15) is 36.7 Å². The number of rotatable bonds is 3. The predicted octanol–water partition coefficient (Wildman–Crippen LogP) is 2.02. The molecule has 4 nitrogen and oxygen atoms in total. The molecule has 1 aliphatic rings. The maximum absolute atomic E-state index is 11.5. The summed E-state index contributed by atoms with van der Waals surface area (Å²) in [6, 6.07) is 0. The van der Waals surface area contributed by atoms with Crippen LogP contribution in [-0.4, -0.2) is 20.9 Å². The summed E-state index contributed by atoms with van der Waals surface area (Å²) in [5, 5.41) is 13.9. The maximum Gasteiger partial charge on any atom is 0.331 e. The van der Waals surface area contributed by atoms with Gasteiger partial charge in [-0.05, 0) is 52.0 Å². The fourth-order valence-electron chi connectivity index (χ4n) is 2.26. The summed E-state index contributed by atoms with van der Waals surface area (Å²) in [5.74, 6) is -0.553. The Hall–Kier alpha value is -1.32. The van der Waals surface area contributed by atoms with Crippen LogP contribution < -0.4 is 0 Å². The molecule has 1 atom stereocenters. The van der Waals surface area contributed by atoms with Crippen molar-refractivity contribution in [2.24, 2.45) is 5.92 Å². The lowest BCUT2D eigenvalue weighted by Crippen LogP contribution is -2.42. The standard InChI is InChI=1S/C12H18N2O2/c1-7-8(2)13-14(9(7)3)12(4,11(15)16)10-5-6-10/h10H,5-6H2,1-4H3,(H,15,16). The van der Waals surface area contributed by atoms with E-state index in [1.165, 1.54) is 0 Å². The Bertz CT molecular complexity index is 446. The van der Waals surface area contributed by atoms with Gasteiger partial charge in [-0.25, -0.2) is 4.79 Å². The molecule has 88 valence electrons. The minimum Gasteiger partial charge on any atom is -0.479 e. The van der Waals surface area contributed by atoms with Gasteiger partial charge >= 0.3 is 5.97 Å². The average Bonchev–Trinajstić information content (AvgIpc) is 3.02. The van der Waals surface area contributed by atoms with Crippen molar-refractivity contribution in [2.75, 3.05) is 0 Å². The Morgan fingerprint density at radius 1 is 1.44 bits per heavy atom. The Balaban J connectivity index is 2.55. The number of carbonyl (C=O) groups is 1. The third-order valence-electron chi connectivity index (χ3n) is 3.90. The minimum atomic E-state index is -0.872. The number of aromatic nitrogens is 2. The molecule has 2 rings (SSSR count). The van der Waals surface area contributed by atoms with Crippen LogP contribution in [0.4, 0.5) is 0 Å².